The van der Waals surface area contributed by atoms with Gasteiger partial charge in [0, 0.05) is 0 Å². The van der Waals surface area contributed by atoms with Gasteiger partial charge in [-0.25, -0.2) is 9.18 Å². The number of hydrogen-bond donors (Lipinski definition) is 0. The van der Waals surface area contributed by atoms with Crippen LogP contribution in [0.4, 0.5) is 4.39 Å². The summed E-state index contributed by atoms with van der Waals surface area (Å²) < 4.78 is 23.0. The lowest BCUT2D eigenvalue weighted by atomic mass is 10.2. The topological polar surface area (TPSA) is 35.5 Å². The van der Waals surface area contributed by atoms with E-state index in [0.717, 1.165) is 6.42 Å². The van der Waals surface area contributed by atoms with Crippen LogP contribution in [0, 0.1) is 5.82 Å². The SMILES string of the molecule is CCc1ccc(OCC(=O)Oc2ccc(F)cc2)cc1. The first kappa shape index (κ1) is 14.1. The number of ether oxygens (including phenoxy) is 2. The summed E-state index contributed by atoms with van der Waals surface area (Å²) in [4.78, 5) is 11.6. The quantitative estimate of drug-likeness (QED) is 0.619. The number of carbonyl (C=O) groups excluding carboxylic acids is 1. The normalized spacial score (nSPS) is 10.1. The van der Waals surface area contributed by atoms with Gasteiger partial charge in [0.2, 0.25) is 0 Å². The Balaban J connectivity index is 1.83. The summed E-state index contributed by atoms with van der Waals surface area (Å²) in [5, 5.41) is 0. The van der Waals surface area contributed by atoms with Gasteiger partial charge in [0.05, 0.1) is 0 Å². The Kier molecular flexibility index (Phi) is 4.71. The van der Waals surface area contributed by atoms with Gasteiger partial charge in [-0.05, 0) is 48.4 Å². The van der Waals surface area contributed by atoms with Crippen LogP contribution in [0.15, 0.2) is 48.5 Å². The second-order valence-electron chi connectivity index (χ2n) is 4.21. The van der Waals surface area contributed by atoms with Gasteiger partial charge in [-0.1, -0.05) is 19.1 Å². The molecule has 0 saturated carbocycles. The number of hydrogen-bond acceptors (Lipinski definition) is 3. The van der Waals surface area contributed by atoms with Crippen LogP contribution in [0.5, 0.6) is 11.5 Å². The Bertz CT molecular complexity index is 561. The monoisotopic (exact) mass is 274 g/mol. The predicted molar refractivity (Wildman–Crippen MR) is 73.4 cm³/mol. The van der Waals surface area contributed by atoms with Crippen molar-refractivity contribution in [1.82, 2.24) is 0 Å². The molecule has 0 saturated heterocycles. The van der Waals surface area contributed by atoms with Gasteiger partial charge >= 0.3 is 5.97 Å². The molecule has 0 aliphatic rings. The Morgan fingerprint density at radius 1 is 1.00 bits per heavy atom. The molecule has 0 bridgehead atoms. The van der Waals surface area contributed by atoms with Crippen LogP contribution >= 0.6 is 0 Å². The van der Waals surface area contributed by atoms with Crippen molar-refractivity contribution >= 4 is 5.97 Å². The number of aryl methyl sites for hydroxylation is 1. The third kappa shape index (κ3) is 4.09. The number of rotatable bonds is 5. The molecule has 2 aromatic rings. The zero-order valence-corrected chi connectivity index (χ0v) is 11.1. The van der Waals surface area contributed by atoms with Gasteiger partial charge in [0.15, 0.2) is 6.61 Å². The number of halogens is 1. The number of esters is 1. The molecule has 0 fully saturated rings. The summed E-state index contributed by atoms with van der Waals surface area (Å²) in [6, 6.07) is 12.8. The van der Waals surface area contributed by atoms with Crippen molar-refractivity contribution in [3.05, 3.63) is 59.9 Å². The number of carbonyl (C=O) groups is 1. The third-order valence-electron chi connectivity index (χ3n) is 2.73. The molecular formula is C16H15FO3. The van der Waals surface area contributed by atoms with Crippen LogP contribution < -0.4 is 9.47 Å². The van der Waals surface area contributed by atoms with E-state index in [1.807, 2.05) is 24.3 Å². The standard InChI is InChI=1S/C16H15FO3/c1-2-12-3-7-14(8-4-12)19-11-16(18)20-15-9-5-13(17)6-10-15/h3-10H,2,11H2,1H3. The molecule has 3 nitrogen and oxygen atoms in total. The minimum absolute atomic E-state index is 0.192. The average molecular weight is 274 g/mol. The van der Waals surface area contributed by atoms with Crippen LogP contribution in [-0.2, 0) is 11.2 Å². The van der Waals surface area contributed by atoms with E-state index in [1.165, 1.54) is 29.8 Å². The molecule has 0 aromatic heterocycles. The Morgan fingerprint density at radius 3 is 2.20 bits per heavy atom. The minimum Gasteiger partial charge on any atom is -0.482 e. The van der Waals surface area contributed by atoms with Crippen LogP contribution in [-0.4, -0.2) is 12.6 Å². The largest absolute Gasteiger partial charge is 0.482 e. The maximum atomic E-state index is 12.7. The average Bonchev–Trinajstić information content (AvgIpc) is 2.48. The number of benzene rings is 2. The maximum absolute atomic E-state index is 12.7. The van der Waals surface area contributed by atoms with Crippen molar-refractivity contribution in [1.29, 1.82) is 0 Å². The van der Waals surface area contributed by atoms with Gasteiger partial charge in [0.25, 0.3) is 0 Å². The summed E-state index contributed by atoms with van der Waals surface area (Å²) in [7, 11) is 0. The highest BCUT2D eigenvalue weighted by Crippen LogP contribution is 2.14. The Hall–Kier alpha value is -2.36. The van der Waals surface area contributed by atoms with E-state index in [4.69, 9.17) is 9.47 Å². The highest BCUT2D eigenvalue weighted by atomic mass is 19.1. The summed E-state index contributed by atoms with van der Waals surface area (Å²) in [5.74, 6) is -0.00664. The second-order valence-corrected chi connectivity index (χ2v) is 4.21. The Labute approximate surface area is 117 Å². The molecule has 0 radical (unpaired) electrons. The molecule has 0 N–H and O–H groups in total. The summed E-state index contributed by atoms with van der Waals surface area (Å²) >= 11 is 0. The summed E-state index contributed by atoms with van der Waals surface area (Å²) in [6.45, 7) is 1.87. The molecule has 0 spiro atoms. The van der Waals surface area contributed by atoms with Crippen LogP contribution in [0.2, 0.25) is 0 Å². The molecule has 0 atom stereocenters. The Morgan fingerprint density at radius 2 is 1.60 bits per heavy atom. The van der Waals surface area contributed by atoms with E-state index in [-0.39, 0.29) is 12.4 Å². The zero-order chi connectivity index (χ0) is 14.4. The third-order valence-corrected chi connectivity index (χ3v) is 2.73. The van der Waals surface area contributed by atoms with Gasteiger partial charge in [-0.2, -0.15) is 0 Å². The molecule has 104 valence electrons. The van der Waals surface area contributed by atoms with Gasteiger partial charge < -0.3 is 9.47 Å². The van der Waals surface area contributed by atoms with E-state index >= 15 is 0 Å². The van der Waals surface area contributed by atoms with E-state index in [0.29, 0.717) is 11.5 Å². The van der Waals surface area contributed by atoms with Crippen LogP contribution in [0.1, 0.15) is 12.5 Å². The molecule has 2 rings (SSSR count). The molecule has 0 aliphatic carbocycles. The van der Waals surface area contributed by atoms with Crippen molar-refractivity contribution < 1.29 is 18.7 Å². The van der Waals surface area contributed by atoms with E-state index in [2.05, 4.69) is 6.92 Å². The van der Waals surface area contributed by atoms with Crippen LogP contribution in [0.3, 0.4) is 0 Å². The molecule has 0 amide bonds. The molecule has 2 aromatic carbocycles. The fourth-order valence-electron chi connectivity index (χ4n) is 1.63. The first-order valence-electron chi connectivity index (χ1n) is 6.35. The van der Waals surface area contributed by atoms with Crippen molar-refractivity contribution in [2.24, 2.45) is 0 Å². The lowest BCUT2D eigenvalue weighted by Gasteiger charge is -2.07. The predicted octanol–water partition coefficient (Wildman–Crippen LogP) is 3.37. The fourth-order valence-corrected chi connectivity index (χ4v) is 1.63. The molecule has 0 unspecified atom stereocenters. The fraction of sp³-hybridized carbons (Fsp3) is 0.188. The molecule has 4 heteroatoms. The van der Waals surface area contributed by atoms with E-state index in [1.54, 1.807) is 0 Å². The summed E-state index contributed by atoms with van der Waals surface area (Å²) in [6.07, 6.45) is 0.951. The molecule has 0 aliphatic heterocycles. The lowest BCUT2D eigenvalue weighted by molar-refractivity contribution is -0.136. The summed E-state index contributed by atoms with van der Waals surface area (Å²) in [5.41, 5.74) is 1.20. The smallest absolute Gasteiger partial charge is 0.349 e. The highest BCUT2D eigenvalue weighted by molar-refractivity contribution is 5.73. The maximum Gasteiger partial charge on any atom is 0.349 e. The van der Waals surface area contributed by atoms with E-state index in [9.17, 15) is 9.18 Å². The molecule has 20 heavy (non-hydrogen) atoms. The van der Waals surface area contributed by atoms with Crippen molar-refractivity contribution in [2.75, 3.05) is 6.61 Å². The molecule has 0 heterocycles. The lowest BCUT2D eigenvalue weighted by Crippen LogP contribution is -2.17. The van der Waals surface area contributed by atoms with Crippen molar-refractivity contribution in [3.8, 4) is 11.5 Å². The minimum atomic E-state index is -0.531. The molecular weight excluding hydrogens is 259 g/mol. The van der Waals surface area contributed by atoms with Gasteiger partial charge in [-0.15, -0.1) is 0 Å². The zero-order valence-electron chi connectivity index (χ0n) is 11.1. The first-order valence-corrected chi connectivity index (χ1v) is 6.35. The van der Waals surface area contributed by atoms with Gasteiger partial charge in [0.1, 0.15) is 17.3 Å². The van der Waals surface area contributed by atoms with Crippen LogP contribution in [0.25, 0.3) is 0 Å². The van der Waals surface area contributed by atoms with Crippen molar-refractivity contribution in [2.45, 2.75) is 13.3 Å². The highest BCUT2D eigenvalue weighted by Gasteiger charge is 2.06. The van der Waals surface area contributed by atoms with Crippen molar-refractivity contribution in [3.63, 3.8) is 0 Å². The van der Waals surface area contributed by atoms with Gasteiger partial charge in [-0.3, -0.25) is 0 Å². The van der Waals surface area contributed by atoms with E-state index < -0.39 is 5.97 Å². The first-order chi connectivity index (χ1) is 9.67. The second kappa shape index (κ2) is 6.70.